The van der Waals surface area contributed by atoms with Crippen LogP contribution < -0.4 is 4.90 Å². The van der Waals surface area contributed by atoms with Gasteiger partial charge in [-0.3, -0.25) is 19.4 Å². The molecule has 0 unspecified atom stereocenters. The largest absolute Gasteiger partial charge is 0.454 e. The van der Waals surface area contributed by atoms with Crippen LogP contribution in [0.5, 0.6) is 0 Å². The zero-order chi connectivity index (χ0) is 24.7. The molecule has 7 nitrogen and oxygen atoms in total. The van der Waals surface area contributed by atoms with Crippen LogP contribution in [0.2, 0.25) is 5.02 Å². The van der Waals surface area contributed by atoms with Crippen molar-refractivity contribution in [1.82, 2.24) is 4.98 Å². The monoisotopic (exact) mass is 484 g/mol. The number of carbonyl (C=O) groups is 4. The Hall–Kier alpha value is -4.36. The number of anilines is 1. The second-order valence-corrected chi connectivity index (χ2v) is 8.35. The van der Waals surface area contributed by atoms with E-state index in [0.29, 0.717) is 16.6 Å². The van der Waals surface area contributed by atoms with Gasteiger partial charge >= 0.3 is 5.97 Å². The average molecular weight is 485 g/mol. The summed E-state index contributed by atoms with van der Waals surface area (Å²) in [6.45, 7) is 1.18. The third-order valence-electron chi connectivity index (χ3n) is 5.76. The first-order chi connectivity index (χ1) is 16.9. The standard InChI is InChI=1S/C27H17ClN2O5/c1-15-23-24(19-10-3-5-12-21(19)29-15)26(33)30(25(23)32)17-8-6-7-16(13-17)27(34)35-14-22(31)18-9-2-4-11-20(18)28/h2-13H,14H2,1H3. The van der Waals surface area contributed by atoms with E-state index in [1.165, 1.54) is 18.2 Å². The van der Waals surface area contributed by atoms with Crippen molar-refractivity contribution in [2.75, 3.05) is 11.5 Å². The molecule has 0 spiro atoms. The number of aryl methyl sites for hydroxylation is 1. The van der Waals surface area contributed by atoms with Crippen molar-refractivity contribution in [3.8, 4) is 0 Å². The second kappa shape index (κ2) is 8.77. The van der Waals surface area contributed by atoms with Crippen LogP contribution in [-0.4, -0.2) is 35.2 Å². The zero-order valence-electron chi connectivity index (χ0n) is 18.4. The number of ether oxygens (including phenoxy) is 1. The van der Waals surface area contributed by atoms with Crippen molar-refractivity contribution in [1.29, 1.82) is 0 Å². The number of halogens is 1. The van der Waals surface area contributed by atoms with E-state index in [1.54, 1.807) is 55.5 Å². The van der Waals surface area contributed by atoms with E-state index in [-0.39, 0.29) is 33.0 Å². The highest BCUT2D eigenvalue weighted by molar-refractivity contribution is 6.38. The number of para-hydroxylation sites is 1. The van der Waals surface area contributed by atoms with Crippen LogP contribution in [0, 0.1) is 6.92 Å². The van der Waals surface area contributed by atoms with Gasteiger partial charge in [-0.1, -0.05) is 48.0 Å². The molecule has 5 rings (SSSR count). The molecular weight excluding hydrogens is 468 g/mol. The Balaban J connectivity index is 1.41. The summed E-state index contributed by atoms with van der Waals surface area (Å²) >= 11 is 6.02. The van der Waals surface area contributed by atoms with Crippen molar-refractivity contribution in [3.05, 3.63) is 106 Å². The summed E-state index contributed by atoms with van der Waals surface area (Å²) in [4.78, 5) is 57.1. The van der Waals surface area contributed by atoms with Crippen molar-refractivity contribution in [2.45, 2.75) is 6.92 Å². The molecule has 3 aromatic carbocycles. The van der Waals surface area contributed by atoms with Gasteiger partial charge in [0.25, 0.3) is 11.8 Å². The molecule has 1 aliphatic rings. The highest BCUT2D eigenvalue weighted by Gasteiger charge is 2.40. The number of hydrogen-bond acceptors (Lipinski definition) is 6. The fourth-order valence-electron chi connectivity index (χ4n) is 4.12. The lowest BCUT2D eigenvalue weighted by molar-refractivity contribution is 0.0474. The van der Waals surface area contributed by atoms with Gasteiger partial charge in [-0.25, -0.2) is 9.69 Å². The minimum absolute atomic E-state index is 0.0886. The van der Waals surface area contributed by atoms with E-state index in [9.17, 15) is 19.2 Å². The fourth-order valence-corrected chi connectivity index (χ4v) is 4.36. The van der Waals surface area contributed by atoms with E-state index in [2.05, 4.69) is 4.98 Å². The van der Waals surface area contributed by atoms with Crippen LogP contribution >= 0.6 is 11.6 Å². The van der Waals surface area contributed by atoms with E-state index in [0.717, 1.165) is 4.90 Å². The van der Waals surface area contributed by atoms with E-state index in [4.69, 9.17) is 16.3 Å². The number of carbonyl (C=O) groups excluding carboxylic acids is 4. The van der Waals surface area contributed by atoms with Crippen molar-refractivity contribution in [3.63, 3.8) is 0 Å². The molecule has 172 valence electrons. The molecule has 0 saturated heterocycles. The maximum absolute atomic E-state index is 13.4. The highest BCUT2D eigenvalue weighted by atomic mass is 35.5. The fraction of sp³-hybridized carbons (Fsp3) is 0.0741. The molecule has 0 bridgehead atoms. The molecule has 0 saturated carbocycles. The summed E-state index contributed by atoms with van der Waals surface area (Å²) in [5.41, 5.74) is 2.15. The van der Waals surface area contributed by atoms with Crippen LogP contribution in [0.3, 0.4) is 0 Å². The third kappa shape index (κ3) is 3.86. The third-order valence-corrected chi connectivity index (χ3v) is 6.09. The van der Waals surface area contributed by atoms with Crippen LogP contribution in [0.1, 0.15) is 47.1 Å². The number of pyridine rings is 1. The van der Waals surface area contributed by atoms with Crippen LogP contribution in [0.4, 0.5) is 5.69 Å². The number of aromatic nitrogens is 1. The molecule has 0 atom stereocenters. The van der Waals surface area contributed by atoms with Gasteiger partial charge in [0, 0.05) is 10.9 Å². The summed E-state index contributed by atoms with van der Waals surface area (Å²) < 4.78 is 5.16. The molecule has 1 aliphatic heterocycles. The first-order valence-electron chi connectivity index (χ1n) is 10.7. The first kappa shape index (κ1) is 22.4. The quantitative estimate of drug-likeness (QED) is 0.224. The molecule has 0 fully saturated rings. The van der Waals surface area contributed by atoms with Gasteiger partial charge in [-0.2, -0.15) is 0 Å². The maximum Gasteiger partial charge on any atom is 0.338 e. The Morgan fingerprint density at radius 1 is 0.914 bits per heavy atom. The number of rotatable bonds is 5. The lowest BCUT2D eigenvalue weighted by Gasteiger charge is -2.15. The number of amides is 2. The van der Waals surface area contributed by atoms with Gasteiger partial charge < -0.3 is 4.74 Å². The minimum atomic E-state index is -0.771. The van der Waals surface area contributed by atoms with E-state index in [1.807, 2.05) is 6.07 Å². The number of ketones is 1. The van der Waals surface area contributed by atoms with Crippen LogP contribution in [0.25, 0.3) is 10.9 Å². The molecule has 1 aromatic heterocycles. The SMILES string of the molecule is Cc1nc2ccccc2c2c1C(=O)N(c1cccc(C(=O)OCC(=O)c3ccccc3Cl)c1)C2=O. The lowest BCUT2D eigenvalue weighted by atomic mass is 10.0. The summed E-state index contributed by atoms with van der Waals surface area (Å²) in [7, 11) is 0. The van der Waals surface area contributed by atoms with Gasteiger partial charge in [0.15, 0.2) is 6.61 Å². The van der Waals surface area contributed by atoms with Gasteiger partial charge in [-0.05, 0) is 43.3 Å². The summed E-state index contributed by atoms with van der Waals surface area (Å²) in [6, 6.07) is 19.5. The predicted molar refractivity (Wildman–Crippen MR) is 130 cm³/mol. The molecule has 0 N–H and O–H groups in total. The van der Waals surface area contributed by atoms with Gasteiger partial charge in [-0.15, -0.1) is 0 Å². The number of imide groups is 1. The molecule has 2 amide bonds. The number of fused-ring (bicyclic) bond motifs is 3. The zero-order valence-corrected chi connectivity index (χ0v) is 19.2. The van der Waals surface area contributed by atoms with Gasteiger partial charge in [0.05, 0.1) is 38.6 Å². The predicted octanol–water partition coefficient (Wildman–Crippen LogP) is 5.04. The lowest BCUT2D eigenvalue weighted by Crippen LogP contribution is -2.29. The van der Waals surface area contributed by atoms with E-state index >= 15 is 0 Å². The van der Waals surface area contributed by atoms with Crippen LogP contribution in [-0.2, 0) is 4.74 Å². The highest BCUT2D eigenvalue weighted by Crippen LogP contribution is 2.34. The molecule has 4 aromatic rings. The normalized spacial score (nSPS) is 12.7. The van der Waals surface area contributed by atoms with Crippen molar-refractivity contribution < 1.29 is 23.9 Å². The first-order valence-corrected chi connectivity index (χ1v) is 11.1. The molecule has 0 radical (unpaired) electrons. The molecule has 35 heavy (non-hydrogen) atoms. The van der Waals surface area contributed by atoms with Crippen LogP contribution in [0.15, 0.2) is 72.8 Å². The second-order valence-electron chi connectivity index (χ2n) is 7.94. The Kier molecular flexibility index (Phi) is 5.62. The number of Topliss-reactive ketones (excluding diaryl/α,β-unsaturated/α-hetero) is 1. The van der Waals surface area contributed by atoms with Gasteiger partial charge in [0.1, 0.15) is 0 Å². The Morgan fingerprint density at radius 2 is 1.63 bits per heavy atom. The number of benzene rings is 3. The van der Waals surface area contributed by atoms with Crippen molar-refractivity contribution >= 4 is 51.8 Å². The molecule has 2 heterocycles. The topological polar surface area (TPSA) is 93.6 Å². The van der Waals surface area contributed by atoms with E-state index < -0.39 is 30.2 Å². The Labute approximate surface area is 204 Å². The Bertz CT molecular complexity index is 1560. The number of hydrogen-bond donors (Lipinski definition) is 0. The van der Waals surface area contributed by atoms with Gasteiger partial charge in [0.2, 0.25) is 5.78 Å². The Morgan fingerprint density at radius 3 is 2.43 bits per heavy atom. The summed E-state index contributed by atoms with van der Waals surface area (Å²) in [6.07, 6.45) is 0. The summed E-state index contributed by atoms with van der Waals surface area (Å²) in [5, 5.41) is 0.848. The number of esters is 1. The summed E-state index contributed by atoms with van der Waals surface area (Å²) in [5.74, 6) is -2.23. The number of nitrogens with zero attached hydrogens (tertiary/aromatic N) is 2. The molecule has 8 heteroatoms. The molecule has 0 aliphatic carbocycles. The maximum atomic E-state index is 13.4. The average Bonchev–Trinajstić information content (AvgIpc) is 3.13. The molecular formula is C27H17ClN2O5. The van der Waals surface area contributed by atoms with Crippen molar-refractivity contribution in [2.24, 2.45) is 0 Å². The smallest absolute Gasteiger partial charge is 0.338 e. The minimum Gasteiger partial charge on any atom is -0.454 e.